The van der Waals surface area contributed by atoms with Gasteiger partial charge in [-0.2, -0.15) is 17.6 Å². The van der Waals surface area contributed by atoms with E-state index < -0.39 is 29.2 Å². The minimum Gasteiger partial charge on any atom is -0.454 e. The molecule has 10 heteroatoms. The predicted molar refractivity (Wildman–Crippen MR) is 106 cm³/mol. The number of para-hydroxylation sites is 2. The lowest BCUT2D eigenvalue weighted by atomic mass is 10.2. The Balaban J connectivity index is 2.33. The minimum absolute atomic E-state index is 0.0657. The zero-order chi connectivity index (χ0) is 21.8. The molecule has 0 saturated carbocycles. The van der Waals surface area contributed by atoms with Gasteiger partial charge in [-0.25, -0.2) is 0 Å². The van der Waals surface area contributed by atoms with Gasteiger partial charge in [-0.3, -0.25) is 9.79 Å². The zero-order valence-corrected chi connectivity index (χ0v) is 16.9. The molecule has 1 amide bonds. The molecule has 0 fully saturated rings. The lowest BCUT2D eigenvalue weighted by Crippen LogP contribution is -2.22. The third kappa shape index (κ3) is 5.57. The van der Waals surface area contributed by atoms with Crippen LogP contribution in [-0.2, 0) is 11.0 Å². The summed E-state index contributed by atoms with van der Waals surface area (Å²) in [6, 6.07) is 9.05. The number of benzene rings is 2. The molecule has 0 heterocycles. The molecule has 0 aliphatic carbocycles. The molecule has 0 unspecified atom stereocenters. The van der Waals surface area contributed by atoms with E-state index in [0.29, 0.717) is 0 Å². The molecule has 5 nitrogen and oxygen atoms in total. The highest BCUT2D eigenvalue weighted by Gasteiger charge is 2.31. The molecule has 0 aromatic heterocycles. The molecule has 0 saturated heterocycles. The van der Waals surface area contributed by atoms with E-state index in [1.807, 2.05) is 0 Å². The maximum absolute atomic E-state index is 13.9. The molecule has 0 atom stereocenters. The summed E-state index contributed by atoms with van der Waals surface area (Å²) < 4.78 is 58.0. The molecule has 0 spiro atoms. The second-order valence-electron chi connectivity index (χ2n) is 5.77. The van der Waals surface area contributed by atoms with Gasteiger partial charge in [0.25, 0.3) is 5.91 Å². The molecule has 0 aliphatic rings. The van der Waals surface area contributed by atoms with Gasteiger partial charge in [0.05, 0.1) is 15.7 Å². The number of carbonyl (C=O) groups excluding carboxylic acids is 1. The van der Waals surface area contributed by atoms with E-state index in [4.69, 9.17) is 10.5 Å². The largest absolute Gasteiger partial charge is 0.454 e. The number of anilines is 1. The number of aliphatic imine (C=N–C) groups is 1. The summed E-state index contributed by atoms with van der Waals surface area (Å²) in [6.07, 6.45) is -4.50. The first-order valence-electron chi connectivity index (χ1n) is 8.08. The maximum Gasteiger partial charge on any atom is 0.416 e. The second kappa shape index (κ2) is 9.08. The smallest absolute Gasteiger partial charge is 0.416 e. The van der Waals surface area contributed by atoms with E-state index in [1.165, 1.54) is 26.1 Å². The third-order valence-electron chi connectivity index (χ3n) is 3.64. The Labute approximate surface area is 172 Å². The molecular formula is C19H16BrF4N3O2. The summed E-state index contributed by atoms with van der Waals surface area (Å²) in [7, 11) is 1.17. The Hall–Kier alpha value is -2.88. The molecule has 2 rings (SSSR count). The van der Waals surface area contributed by atoms with Gasteiger partial charge in [0.2, 0.25) is 5.97 Å². The van der Waals surface area contributed by atoms with E-state index in [2.05, 4.69) is 26.2 Å². The van der Waals surface area contributed by atoms with E-state index in [0.717, 1.165) is 18.2 Å². The molecular weight excluding hydrogens is 458 g/mol. The van der Waals surface area contributed by atoms with Crippen LogP contribution in [0.3, 0.4) is 0 Å². The van der Waals surface area contributed by atoms with Crippen molar-refractivity contribution in [2.45, 2.75) is 13.1 Å². The third-order valence-corrected chi connectivity index (χ3v) is 4.26. The monoisotopic (exact) mass is 473 g/mol. The molecule has 2 aromatic rings. The van der Waals surface area contributed by atoms with Crippen LogP contribution in [0, 0.1) is 0 Å². The van der Waals surface area contributed by atoms with Gasteiger partial charge in [-0.05, 0) is 53.2 Å². The topological polar surface area (TPSA) is 76.7 Å². The molecule has 3 N–H and O–H groups in total. The van der Waals surface area contributed by atoms with Crippen LogP contribution in [0.5, 0.6) is 11.5 Å². The van der Waals surface area contributed by atoms with Crippen molar-refractivity contribution in [1.29, 1.82) is 0 Å². The van der Waals surface area contributed by atoms with E-state index >= 15 is 0 Å². The van der Waals surface area contributed by atoms with Crippen LogP contribution in [0.25, 0.3) is 0 Å². The van der Waals surface area contributed by atoms with Gasteiger partial charge >= 0.3 is 6.18 Å². The maximum atomic E-state index is 13.9. The number of allylic oxidation sites excluding steroid dienone is 1. The first-order chi connectivity index (χ1) is 13.5. The summed E-state index contributed by atoms with van der Waals surface area (Å²) in [6.45, 7) is 1.35. The molecule has 29 heavy (non-hydrogen) atoms. The average molecular weight is 474 g/mol. The quantitative estimate of drug-likeness (QED) is 0.345. The number of nitrogens with one attached hydrogen (secondary N) is 1. The van der Waals surface area contributed by atoms with Crippen molar-refractivity contribution in [2.75, 3.05) is 12.4 Å². The lowest BCUT2D eigenvalue weighted by Gasteiger charge is -2.15. The number of nitrogens with zero attached hydrogens (tertiary/aromatic N) is 1. The molecule has 154 valence electrons. The van der Waals surface area contributed by atoms with Crippen molar-refractivity contribution in [3.05, 3.63) is 63.8 Å². The van der Waals surface area contributed by atoms with Crippen molar-refractivity contribution < 1.29 is 27.1 Å². The second-order valence-corrected chi connectivity index (χ2v) is 6.62. The summed E-state index contributed by atoms with van der Waals surface area (Å²) in [5, 5.41) is 2.46. The Morgan fingerprint density at radius 3 is 2.38 bits per heavy atom. The number of nitrogens with two attached hydrogens (primary N) is 1. The Kier molecular flexibility index (Phi) is 7.02. The van der Waals surface area contributed by atoms with Crippen LogP contribution in [0.15, 0.2) is 63.2 Å². The molecule has 0 aliphatic heterocycles. The van der Waals surface area contributed by atoms with Crippen molar-refractivity contribution >= 4 is 33.5 Å². The van der Waals surface area contributed by atoms with Crippen LogP contribution in [0.1, 0.15) is 12.5 Å². The standard InChI is InChI=1S/C19H16BrF4N3O2/c1-10(25)16(17(21)26-2)18(28)27-13-5-3-4-6-15(13)29-14-8-7-11(9-12(14)20)19(22,23)24/h3-9H,25H2,1-2H3,(H,27,28). The fourth-order valence-corrected chi connectivity index (χ4v) is 2.73. The molecule has 2 aromatic carbocycles. The number of amides is 1. The minimum atomic E-state index is -4.50. The molecule has 0 bridgehead atoms. The van der Waals surface area contributed by atoms with Gasteiger partial charge in [-0.1, -0.05) is 12.1 Å². The van der Waals surface area contributed by atoms with Crippen molar-refractivity contribution in [3.8, 4) is 11.5 Å². The summed E-state index contributed by atoms with van der Waals surface area (Å²) in [4.78, 5) is 15.7. The SMILES string of the molecule is CN=C(F)C(C(=O)Nc1ccccc1Oc1ccc(C(F)(F)F)cc1Br)=C(C)N. The van der Waals surface area contributed by atoms with Crippen molar-refractivity contribution in [1.82, 2.24) is 0 Å². The first kappa shape index (κ1) is 22.4. The number of halogens is 5. The number of hydrogen-bond acceptors (Lipinski definition) is 4. The lowest BCUT2D eigenvalue weighted by molar-refractivity contribution is -0.137. The summed E-state index contributed by atoms with van der Waals surface area (Å²) in [5.74, 6) is -1.67. The van der Waals surface area contributed by atoms with Crippen LogP contribution in [-0.4, -0.2) is 18.9 Å². The van der Waals surface area contributed by atoms with Gasteiger partial charge in [0.15, 0.2) is 5.75 Å². The van der Waals surface area contributed by atoms with E-state index in [-0.39, 0.29) is 27.4 Å². The van der Waals surface area contributed by atoms with Crippen molar-refractivity contribution in [2.24, 2.45) is 10.7 Å². The summed E-state index contributed by atoms with van der Waals surface area (Å²) in [5.41, 5.74) is 4.37. The molecule has 0 radical (unpaired) electrons. The fraction of sp³-hybridized carbons (Fsp3) is 0.158. The Morgan fingerprint density at radius 1 is 1.17 bits per heavy atom. The summed E-state index contributed by atoms with van der Waals surface area (Å²) >= 11 is 3.04. The zero-order valence-electron chi connectivity index (χ0n) is 15.3. The first-order valence-corrected chi connectivity index (χ1v) is 8.88. The van der Waals surface area contributed by atoms with Crippen molar-refractivity contribution in [3.63, 3.8) is 0 Å². The highest BCUT2D eigenvalue weighted by Crippen LogP contribution is 2.38. The van der Waals surface area contributed by atoms with E-state index in [9.17, 15) is 22.4 Å². The van der Waals surface area contributed by atoms with Gasteiger partial charge in [-0.15, -0.1) is 0 Å². The van der Waals surface area contributed by atoms with Crippen LogP contribution < -0.4 is 15.8 Å². The van der Waals surface area contributed by atoms with Crippen LogP contribution in [0.4, 0.5) is 23.2 Å². The number of rotatable bonds is 5. The fourth-order valence-electron chi connectivity index (χ4n) is 2.27. The highest BCUT2D eigenvalue weighted by atomic mass is 79.9. The predicted octanol–water partition coefficient (Wildman–Crippen LogP) is 5.43. The number of ether oxygens (including phenoxy) is 1. The Morgan fingerprint density at radius 2 is 1.83 bits per heavy atom. The number of alkyl halides is 3. The normalized spacial score (nSPS) is 13.0. The van der Waals surface area contributed by atoms with Crippen LogP contribution >= 0.6 is 15.9 Å². The van der Waals surface area contributed by atoms with E-state index in [1.54, 1.807) is 12.1 Å². The average Bonchev–Trinajstić information content (AvgIpc) is 2.63. The Bertz CT molecular complexity index is 984. The number of hydrogen-bond donors (Lipinski definition) is 2. The highest BCUT2D eigenvalue weighted by molar-refractivity contribution is 9.10. The van der Waals surface area contributed by atoms with Gasteiger partial charge < -0.3 is 15.8 Å². The number of carbonyl (C=O) groups is 1. The van der Waals surface area contributed by atoms with Gasteiger partial charge in [0, 0.05) is 12.7 Å². The van der Waals surface area contributed by atoms with Crippen LogP contribution in [0.2, 0.25) is 0 Å². The van der Waals surface area contributed by atoms with Gasteiger partial charge in [0.1, 0.15) is 11.3 Å².